The van der Waals surface area contributed by atoms with Gasteiger partial charge in [-0.1, -0.05) is 6.92 Å². The smallest absolute Gasteiger partial charge is 0.116 e. The second-order valence-electron chi connectivity index (χ2n) is 5.27. The lowest BCUT2D eigenvalue weighted by Gasteiger charge is -2.29. The second kappa shape index (κ2) is 8.46. The van der Waals surface area contributed by atoms with Crippen LogP contribution in [0.15, 0.2) is 0 Å². The molecule has 1 atom stereocenters. The second-order valence-corrected chi connectivity index (χ2v) is 5.27. The highest BCUT2D eigenvalue weighted by Crippen LogP contribution is 2.05. The van der Waals surface area contributed by atoms with Crippen LogP contribution in [0.2, 0.25) is 0 Å². The van der Waals surface area contributed by atoms with Gasteiger partial charge in [0.1, 0.15) is 5.54 Å². The molecule has 0 saturated carbocycles. The van der Waals surface area contributed by atoms with Gasteiger partial charge in [-0.05, 0) is 60.5 Å². The van der Waals surface area contributed by atoms with E-state index in [4.69, 9.17) is 0 Å². The maximum atomic E-state index is 9.23. The Bertz CT molecular complexity index is 234. The number of likely N-dealkylation sites (N-methyl/N-ethyl adjacent to an activating group) is 1. The van der Waals surface area contributed by atoms with E-state index in [0.29, 0.717) is 0 Å². The summed E-state index contributed by atoms with van der Waals surface area (Å²) in [6, 6.07) is 2.38. The van der Waals surface area contributed by atoms with Crippen molar-refractivity contribution in [2.24, 2.45) is 0 Å². The molecule has 0 saturated heterocycles. The van der Waals surface area contributed by atoms with Gasteiger partial charge in [-0.25, -0.2) is 0 Å². The summed E-state index contributed by atoms with van der Waals surface area (Å²) in [5.41, 5.74) is -0.428. The van der Waals surface area contributed by atoms with Gasteiger partial charge in [0.05, 0.1) is 6.07 Å². The molecule has 0 fully saturated rings. The molecule has 0 aromatic rings. The Hall–Kier alpha value is -0.630. The van der Waals surface area contributed by atoms with E-state index in [9.17, 15) is 5.26 Å². The largest absolute Gasteiger partial charge is 0.309 e. The molecule has 100 valence electrons. The van der Waals surface area contributed by atoms with Crippen LogP contribution in [0.5, 0.6) is 0 Å². The van der Waals surface area contributed by atoms with E-state index < -0.39 is 5.54 Å². The molecule has 0 rings (SSSR count). The Kier molecular flexibility index (Phi) is 8.15. The van der Waals surface area contributed by atoms with Crippen molar-refractivity contribution in [1.29, 1.82) is 5.26 Å². The average molecular weight is 240 g/mol. The van der Waals surface area contributed by atoms with Crippen LogP contribution in [-0.4, -0.2) is 62.7 Å². The molecule has 0 amide bonds. The number of hydrogen-bond donors (Lipinski definition) is 1. The summed E-state index contributed by atoms with van der Waals surface area (Å²) < 4.78 is 0. The highest BCUT2D eigenvalue weighted by molar-refractivity contribution is 5.05. The number of nitrogens with zero attached hydrogens (tertiary/aromatic N) is 3. The van der Waals surface area contributed by atoms with Crippen molar-refractivity contribution >= 4 is 0 Å². The van der Waals surface area contributed by atoms with E-state index in [2.05, 4.69) is 49.3 Å². The Labute approximate surface area is 107 Å². The summed E-state index contributed by atoms with van der Waals surface area (Å²) in [7, 11) is 6.25. The molecule has 0 aliphatic rings. The van der Waals surface area contributed by atoms with E-state index in [-0.39, 0.29) is 0 Å². The van der Waals surface area contributed by atoms with Crippen LogP contribution in [0.4, 0.5) is 0 Å². The fourth-order valence-electron chi connectivity index (χ4n) is 1.81. The summed E-state index contributed by atoms with van der Waals surface area (Å²) in [6.07, 6.45) is 2.19. The first-order valence-electron chi connectivity index (χ1n) is 6.43. The zero-order valence-electron chi connectivity index (χ0n) is 12.1. The summed E-state index contributed by atoms with van der Waals surface area (Å²) in [5.74, 6) is 0. The number of nitriles is 1. The summed E-state index contributed by atoms with van der Waals surface area (Å²) in [6.45, 7) is 7.89. The van der Waals surface area contributed by atoms with E-state index in [1.807, 2.05) is 6.92 Å². The molecule has 1 unspecified atom stereocenters. The molecule has 0 aliphatic heterocycles. The quantitative estimate of drug-likeness (QED) is 0.656. The topological polar surface area (TPSA) is 42.3 Å². The predicted octanol–water partition coefficient (Wildman–Crippen LogP) is 1.15. The highest BCUT2D eigenvalue weighted by atomic mass is 15.1. The minimum Gasteiger partial charge on any atom is -0.309 e. The van der Waals surface area contributed by atoms with E-state index in [1.54, 1.807) is 0 Å². The summed E-state index contributed by atoms with van der Waals surface area (Å²) in [5, 5.41) is 12.5. The third kappa shape index (κ3) is 8.14. The van der Waals surface area contributed by atoms with Gasteiger partial charge in [-0.15, -0.1) is 0 Å². The van der Waals surface area contributed by atoms with Gasteiger partial charge in [0.2, 0.25) is 0 Å². The SMILES string of the molecule is CCCNC(C)(C#N)CN(C)CCCN(C)C. The standard InChI is InChI=1S/C13H28N4/c1-6-8-15-13(2,11-14)12-17(5)10-7-9-16(3)4/h15H,6-10,12H2,1-5H3. The normalized spacial score (nSPS) is 14.9. The van der Waals surface area contributed by atoms with Crippen LogP contribution in [0, 0.1) is 11.3 Å². The first kappa shape index (κ1) is 16.4. The fraction of sp³-hybridized carbons (Fsp3) is 0.923. The molecular weight excluding hydrogens is 212 g/mol. The highest BCUT2D eigenvalue weighted by Gasteiger charge is 2.24. The predicted molar refractivity (Wildman–Crippen MR) is 73.0 cm³/mol. The van der Waals surface area contributed by atoms with Crippen molar-refractivity contribution in [3.63, 3.8) is 0 Å². The van der Waals surface area contributed by atoms with Crippen LogP contribution in [0.1, 0.15) is 26.7 Å². The van der Waals surface area contributed by atoms with Gasteiger partial charge in [0.15, 0.2) is 0 Å². The minimum atomic E-state index is -0.428. The molecule has 0 heterocycles. The molecule has 0 radical (unpaired) electrons. The van der Waals surface area contributed by atoms with Crippen LogP contribution < -0.4 is 5.32 Å². The first-order valence-corrected chi connectivity index (χ1v) is 6.43. The van der Waals surface area contributed by atoms with Crippen molar-refractivity contribution in [3.8, 4) is 6.07 Å². The van der Waals surface area contributed by atoms with Gasteiger partial charge in [0, 0.05) is 6.54 Å². The zero-order chi connectivity index (χ0) is 13.3. The summed E-state index contributed by atoms with van der Waals surface area (Å²) >= 11 is 0. The molecule has 0 aliphatic carbocycles. The molecule has 0 bridgehead atoms. The van der Waals surface area contributed by atoms with Crippen LogP contribution >= 0.6 is 0 Å². The fourth-order valence-corrected chi connectivity index (χ4v) is 1.81. The number of nitrogens with one attached hydrogen (secondary N) is 1. The molecule has 4 nitrogen and oxygen atoms in total. The zero-order valence-corrected chi connectivity index (χ0v) is 12.1. The van der Waals surface area contributed by atoms with Gasteiger partial charge >= 0.3 is 0 Å². The van der Waals surface area contributed by atoms with E-state index in [1.165, 1.54) is 0 Å². The monoisotopic (exact) mass is 240 g/mol. The molecule has 0 spiro atoms. The van der Waals surface area contributed by atoms with Crippen LogP contribution in [0.3, 0.4) is 0 Å². The van der Waals surface area contributed by atoms with Crippen molar-refractivity contribution in [2.75, 3.05) is 47.3 Å². The van der Waals surface area contributed by atoms with Gasteiger partial charge < -0.3 is 9.80 Å². The van der Waals surface area contributed by atoms with Crippen molar-refractivity contribution < 1.29 is 0 Å². The molecule has 17 heavy (non-hydrogen) atoms. The van der Waals surface area contributed by atoms with Crippen molar-refractivity contribution in [2.45, 2.75) is 32.2 Å². The molecule has 4 heteroatoms. The van der Waals surface area contributed by atoms with E-state index in [0.717, 1.165) is 39.0 Å². The Morgan fingerprint density at radius 3 is 2.35 bits per heavy atom. The van der Waals surface area contributed by atoms with Gasteiger partial charge in [0.25, 0.3) is 0 Å². The third-order valence-electron chi connectivity index (χ3n) is 2.74. The van der Waals surface area contributed by atoms with Crippen molar-refractivity contribution in [1.82, 2.24) is 15.1 Å². The maximum absolute atomic E-state index is 9.23. The van der Waals surface area contributed by atoms with Crippen molar-refractivity contribution in [3.05, 3.63) is 0 Å². The maximum Gasteiger partial charge on any atom is 0.116 e. The molecular formula is C13H28N4. The Balaban J connectivity index is 3.97. The Morgan fingerprint density at radius 1 is 1.24 bits per heavy atom. The lowest BCUT2D eigenvalue weighted by Crippen LogP contribution is -2.50. The van der Waals surface area contributed by atoms with Crippen LogP contribution in [-0.2, 0) is 0 Å². The molecule has 1 N–H and O–H groups in total. The molecule has 0 aromatic heterocycles. The van der Waals surface area contributed by atoms with Gasteiger partial charge in [-0.2, -0.15) is 5.26 Å². The average Bonchev–Trinajstić information content (AvgIpc) is 2.26. The Morgan fingerprint density at radius 2 is 1.88 bits per heavy atom. The lowest BCUT2D eigenvalue weighted by molar-refractivity contribution is 0.247. The first-order chi connectivity index (χ1) is 7.93. The lowest BCUT2D eigenvalue weighted by atomic mass is 10.0. The van der Waals surface area contributed by atoms with Gasteiger partial charge in [-0.3, -0.25) is 5.32 Å². The molecule has 0 aromatic carbocycles. The number of rotatable bonds is 9. The third-order valence-corrected chi connectivity index (χ3v) is 2.74. The van der Waals surface area contributed by atoms with Crippen LogP contribution in [0.25, 0.3) is 0 Å². The number of hydrogen-bond acceptors (Lipinski definition) is 4. The minimum absolute atomic E-state index is 0.428. The summed E-state index contributed by atoms with van der Waals surface area (Å²) in [4.78, 5) is 4.42. The van der Waals surface area contributed by atoms with E-state index >= 15 is 0 Å².